The summed E-state index contributed by atoms with van der Waals surface area (Å²) >= 11 is 5.91. The number of nitrogens with zero attached hydrogens (tertiary/aromatic N) is 5. The van der Waals surface area contributed by atoms with Crippen molar-refractivity contribution in [2.24, 2.45) is 0 Å². The van der Waals surface area contributed by atoms with E-state index >= 15 is 0 Å². The Labute approximate surface area is 110 Å². The maximum Gasteiger partial charge on any atom is 0.349 e. The van der Waals surface area contributed by atoms with E-state index in [2.05, 4.69) is 14.8 Å². The van der Waals surface area contributed by atoms with E-state index in [1.54, 1.807) is 0 Å². The van der Waals surface area contributed by atoms with Crippen molar-refractivity contribution in [3.05, 3.63) is 28.3 Å². The molecule has 0 radical (unpaired) electrons. The number of aromatic nitrogens is 2. The van der Waals surface area contributed by atoms with Crippen LogP contribution in [0.1, 0.15) is 11.7 Å². The zero-order valence-electron chi connectivity index (χ0n) is 9.51. The molecule has 2 rings (SSSR count). The van der Waals surface area contributed by atoms with E-state index in [-0.39, 0.29) is 5.15 Å². The fourth-order valence-electron chi connectivity index (χ4n) is 1.63. The zero-order chi connectivity index (χ0) is 13.0. The normalized spacial score (nSPS) is 16.7. The van der Waals surface area contributed by atoms with Crippen molar-refractivity contribution in [2.75, 3.05) is 31.2 Å². The number of halogens is 1. The third-order valence-corrected chi connectivity index (χ3v) is 2.72. The quantitative estimate of drug-likeness (QED) is 0.597. The predicted octanol–water partition coefficient (Wildman–Crippen LogP) is 1.45. The summed E-state index contributed by atoms with van der Waals surface area (Å²) in [4.78, 5) is 13.5. The van der Waals surface area contributed by atoms with Crippen LogP contribution in [0.4, 0.5) is 5.95 Å². The molecule has 1 atom stereocenters. The number of morpholine rings is 1. The molecule has 1 aromatic rings. The second kappa shape index (κ2) is 5.63. The van der Waals surface area contributed by atoms with E-state index in [0.29, 0.717) is 37.9 Å². The molecule has 1 aliphatic heterocycles. The summed E-state index contributed by atoms with van der Waals surface area (Å²) in [5.74, 6) is 0.449. The smallest absolute Gasteiger partial charge is 0.349 e. The van der Waals surface area contributed by atoms with Crippen LogP contribution in [-0.4, -0.2) is 36.3 Å². The fraction of sp³-hybridized carbons (Fsp3) is 0.455. The lowest BCUT2D eigenvalue weighted by atomic mass is 10.2. The largest absolute Gasteiger partial charge is 0.378 e. The molecule has 0 aliphatic carbocycles. The van der Waals surface area contributed by atoms with Gasteiger partial charge in [0.05, 0.1) is 13.2 Å². The molecule has 0 spiro atoms. The standard InChI is InChI=1S/C11H10ClN5O/c1-14-9(7-13)8-6-10(12)16-11(15-8)17-2-4-18-5-3-17/h6,9H,2-5H2. The van der Waals surface area contributed by atoms with Gasteiger partial charge >= 0.3 is 6.04 Å². The first-order valence-corrected chi connectivity index (χ1v) is 5.75. The van der Waals surface area contributed by atoms with E-state index < -0.39 is 6.04 Å². The Hall–Kier alpha value is -1.89. The monoisotopic (exact) mass is 263 g/mol. The molecular weight excluding hydrogens is 254 g/mol. The Morgan fingerprint density at radius 1 is 1.50 bits per heavy atom. The summed E-state index contributed by atoms with van der Waals surface area (Å²) in [5.41, 5.74) is 0.342. The SMILES string of the molecule is [C-]#[N+]C(C#N)c1cc(Cl)nc(N2CCOCC2)n1. The highest BCUT2D eigenvalue weighted by Gasteiger charge is 2.21. The molecule has 92 valence electrons. The van der Waals surface area contributed by atoms with Gasteiger partial charge in [0.25, 0.3) is 0 Å². The average Bonchev–Trinajstić information content (AvgIpc) is 2.40. The minimum Gasteiger partial charge on any atom is -0.378 e. The first kappa shape index (κ1) is 12.6. The van der Waals surface area contributed by atoms with Gasteiger partial charge in [-0.3, -0.25) is 4.85 Å². The predicted molar refractivity (Wildman–Crippen MR) is 65.0 cm³/mol. The lowest BCUT2D eigenvalue weighted by molar-refractivity contribution is 0.122. The number of rotatable bonds is 2. The van der Waals surface area contributed by atoms with Crippen LogP contribution < -0.4 is 4.90 Å². The molecule has 0 saturated carbocycles. The van der Waals surface area contributed by atoms with Gasteiger partial charge in [0.15, 0.2) is 6.07 Å². The minimum absolute atomic E-state index is 0.241. The Bertz CT molecular complexity index is 501. The second-order valence-electron chi connectivity index (χ2n) is 3.68. The molecule has 1 saturated heterocycles. The summed E-state index contributed by atoms with van der Waals surface area (Å²) < 4.78 is 5.24. The number of hydrogen-bond donors (Lipinski definition) is 0. The van der Waals surface area contributed by atoms with Crippen molar-refractivity contribution in [1.82, 2.24) is 9.97 Å². The third-order valence-electron chi connectivity index (χ3n) is 2.53. The van der Waals surface area contributed by atoms with E-state index in [1.165, 1.54) is 6.07 Å². The maximum absolute atomic E-state index is 8.87. The molecule has 2 heterocycles. The molecule has 18 heavy (non-hydrogen) atoms. The Morgan fingerprint density at radius 2 is 2.22 bits per heavy atom. The van der Waals surface area contributed by atoms with Crippen molar-refractivity contribution in [1.29, 1.82) is 5.26 Å². The van der Waals surface area contributed by atoms with Crippen LogP contribution in [0.2, 0.25) is 5.15 Å². The van der Waals surface area contributed by atoms with Crippen LogP contribution >= 0.6 is 11.6 Å². The molecule has 1 fully saturated rings. The molecule has 1 aliphatic rings. The second-order valence-corrected chi connectivity index (χ2v) is 4.06. The molecule has 1 aromatic heterocycles. The van der Waals surface area contributed by atoms with Crippen LogP contribution in [-0.2, 0) is 4.74 Å². The minimum atomic E-state index is -0.940. The maximum atomic E-state index is 8.87. The number of nitriles is 1. The molecule has 6 nitrogen and oxygen atoms in total. The summed E-state index contributed by atoms with van der Waals surface area (Å²) in [6.07, 6.45) is 0. The van der Waals surface area contributed by atoms with Crippen molar-refractivity contribution in [2.45, 2.75) is 6.04 Å². The first-order chi connectivity index (χ1) is 8.74. The topological polar surface area (TPSA) is 66.4 Å². The fourth-order valence-corrected chi connectivity index (χ4v) is 1.82. The third kappa shape index (κ3) is 2.67. The highest BCUT2D eigenvalue weighted by atomic mass is 35.5. The summed E-state index contributed by atoms with van der Waals surface area (Å²) in [5, 5.41) is 9.11. The molecule has 0 N–H and O–H groups in total. The van der Waals surface area contributed by atoms with Gasteiger partial charge in [-0.25, -0.2) is 16.5 Å². The van der Waals surface area contributed by atoms with E-state index in [0.717, 1.165) is 0 Å². The Kier molecular flexibility index (Phi) is 3.93. The zero-order valence-corrected chi connectivity index (χ0v) is 10.3. The van der Waals surface area contributed by atoms with Gasteiger partial charge in [-0.1, -0.05) is 11.6 Å². The van der Waals surface area contributed by atoms with Gasteiger partial charge in [-0.15, -0.1) is 0 Å². The number of hydrogen-bond acceptors (Lipinski definition) is 5. The number of ether oxygens (including phenoxy) is 1. The van der Waals surface area contributed by atoms with E-state index in [4.69, 9.17) is 28.2 Å². The highest BCUT2D eigenvalue weighted by molar-refractivity contribution is 6.29. The lowest BCUT2D eigenvalue weighted by Crippen LogP contribution is -2.37. The molecule has 0 bridgehead atoms. The molecule has 0 aromatic carbocycles. The van der Waals surface area contributed by atoms with Crippen molar-refractivity contribution in [3.63, 3.8) is 0 Å². The molecule has 1 unspecified atom stereocenters. The summed E-state index contributed by atoms with van der Waals surface area (Å²) in [6.45, 7) is 9.51. The molecular formula is C11H10ClN5O. The van der Waals surface area contributed by atoms with Gasteiger partial charge in [-0.2, -0.15) is 5.26 Å². The van der Waals surface area contributed by atoms with Gasteiger partial charge in [-0.05, 0) is 0 Å². The van der Waals surface area contributed by atoms with Crippen molar-refractivity contribution < 1.29 is 4.74 Å². The lowest BCUT2D eigenvalue weighted by Gasteiger charge is -2.26. The van der Waals surface area contributed by atoms with Crippen molar-refractivity contribution in [3.8, 4) is 6.07 Å². The van der Waals surface area contributed by atoms with Crippen molar-refractivity contribution >= 4 is 17.5 Å². The van der Waals surface area contributed by atoms with Crippen LogP contribution in [0.15, 0.2) is 6.07 Å². The number of anilines is 1. The van der Waals surface area contributed by atoms with Crippen LogP contribution in [0, 0.1) is 17.9 Å². The van der Waals surface area contributed by atoms with E-state index in [1.807, 2.05) is 11.0 Å². The average molecular weight is 264 g/mol. The van der Waals surface area contributed by atoms with Crippen LogP contribution in [0.5, 0.6) is 0 Å². The van der Waals surface area contributed by atoms with Crippen LogP contribution in [0.25, 0.3) is 4.85 Å². The van der Waals surface area contributed by atoms with Crippen LogP contribution in [0.3, 0.4) is 0 Å². The Balaban J connectivity index is 2.32. The summed E-state index contributed by atoms with van der Waals surface area (Å²) in [7, 11) is 0. The summed E-state index contributed by atoms with van der Waals surface area (Å²) in [6, 6.07) is 2.40. The molecule has 7 heteroatoms. The Morgan fingerprint density at radius 3 is 2.83 bits per heavy atom. The highest BCUT2D eigenvalue weighted by Crippen LogP contribution is 2.21. The van der Waals surface area contributed by atoms with Gasteiger partial charge < -0.3 is 9.64 Å². The van der Waals surface area contributed by atoms with E-state index in [9.17, 15) is 0 Å². The first-order valence-electron chi connectivity index (χ1n) is 5.38. The van der Waals surface area contributed by atoms with Gasteiger partial charge in [0.2, 0.25) is 5.95 Å². The van der Waals surface area contributed by atoms with Gasteiger partial charge in [0, 0.05) is 19.2 Å². The van der Waals surface area contributed by atoms with Gasteiger partial charge in [0.1, 0.15) is 10.8 Å². The molecule has 0 amide bonds.